The fraction of sp³-hybridized carbons (Fsp3) is 0.0625. The van der Waals surface area contributed by atoms with Crippen molar-refractivity contribution < 1.29 is 0 Å². The minimum atomic E-state index is 0.804. The van der Waals surface area contributed by atoms with Crippen LogP contribution < -0.4 is 5.32 Å². The van der Waals surface area contributed by atoms with Crippen LogP contribution in [0.25, 0.3) is 5.69 Å². The van der Waals surface area contributed by atoms with E-state index in [-0.39, 0.29) is 0 Å². The maximum atomic E-state index is 4.38. The van der Waals surface area contributed by atoms with Gasteiger partial charge in [0, 0.05) is 28.2 Å². The lowest BCUT2D eigenvalue weighted by Crippen LogP contribution is -2.01. The Morgan fingerprint density at radius 3 is 2.65 bits per heavy atom. The Bertz CT molecular complexity index is 720. The summed E-state index contributed by atoms with van der Waals surface area (Å²) < 4.78 is 3.13. The number of imidazole rings is 1. The molecule has 0 unspecified atom stereocenters. The number of nitrogens with one attached hydrogen (secondary N) is 1. The van der Waals surface area contributed by atoms with Gasteiger partial charge in [0.2, 0.25) is 5.95 Å². The van der Waals surface area contributed by atoms with Gasteiger partial charge in [0.05, 0.1) is 0 Å². The lowest BCUT2D eigenvalue weighted by Gasteiger charge is -2.10. The maximum Gasteiger partial charge on any atom is 0.212 e. The molecular formula is C16H14BrN3. The zero-order chi connectivity index (χ0) is 13.9. The van der Waals surface area contributed by atoms with Gasteiger partial charge < -0.3 is 5.32 Å². The van der Waals surface area contributed by atoms with Crippen LogP contribution in [0.15, 0.2) is 65.4 Å². The summed E-state index contributed by atoms with van der Waals surface area (Å²) in [6.07, 6.45) is 3.74. The van der Waals surface area contributed by atoms with Crippen LogP contribution in [-0.4, -0.2) is 9.55 Å². The molecule has 0 aliphatic carbocycles. The van der Waals surface area contributed by atoms with Crippen LogP contribution in [-0.2, 0) is 0 Å². The van der Waals surface area contributed by atoms with E-state index in [1.54, 1.807) is 6.20 Å². The van der Waals surface area contributed by atoms with Gasteiger partial charge >= 0.3 is 0 Å². The molecule has 0 amide bonds. The van der Waals surface area contributed by atoms with Crippen LogP contribution in [0.2, 0.25) is 0 Å². The minimum Gasteiger partial charge on any atom is -0.325 e. The molecule has 3 rings (SSSR count). The van der Waals surface area contributed by atoms with Crippen molar-refractivity contribution in [3.63, 3.8) is 0 Å². The van der Waals surface area contributed by atoms with Crippen LogP contribution in [0.5, 0.6) is 0 Å². The first-order valence-corrected chi connectivity index (χ1v) is 7.15. The van der Waals surface area contributed by atoms with Crippen molar-refractivity contribution >= 4 is 27.6 Å². The van der Waals surface area contributed by atoms with Crippen LogP contribution in [0.3, 0.4) is 0 Å². The van der Waals surface area contributed by atoms with Crippen molar-refractivity contribution in [3.05, 3.63) is 71.0 Å². The number of aromatic nitrogens is 2. The van der Waals surface area contributed by atoms with E-state index in [1.807, 2.05) is 41.1 Å². The molecule has 0 saturated heterocycles. The molecule has 100 valence electrons. The maximum absolute atomic E-state index is 4.38. The zero-order valence-electron chi connectivity index (χ0n) is 11.0. The van der Waals surface area contributed by atoms with Crippen LogP contribution >= 0.6 is 15.9 Å². The Morgan fingerprint density at radius 2 is 1.90 bits per heavy atom. The lowest BCUT2D eigenvalue weighted by molar-refractivity contribution is 1.06. The summed E-state index contributed by atoms with van der Waals surface area (Å²) in [5, 5.41) is 3.35. The summed E-state index contributed by atoms with van der Waals surface area (Å²) in [4.78, 5) is 4.38. The molecule has 0 aliphatic heterocycles. The molecule has 1 N–H and O–H groups in total. The van der Waals surface area contributed by atoms with E-state index in [4.69, 9.17) is 0 Å². The highest BCUT2D eigenvalue weighted by Gasteiger charge is 2.05. The highest BCUT2D eigenvalue weighted by molar-refractivity contribution is 9.10. The van der Waals surface area contributed by atoms with Crippen molar-refractivity contribution in [1.82, 2.24) is 9.55 Å². The molecule has 2 aromatic carbocycles. The molecule has 0 bridgehead atoms. The molecule has 3 nitrogen and oxygen atoms in total. The topological polar surface area (TPSA) is 29.9 Å². The van der Waals surface area contributed by atoms with Gasteiger partial charge in [-0.2, -0.15) is 0 Å². The second-order valence-corrected chi connectivity index (χ2v) is 5.40. The van der Waals surface area contributed by atoms with Crippen molar-refractivity contribution in [2.45, 2.75) is 6.92 Å². The van der Waals surface area contributed by atoms with Crippen molar-refractivity contribution in [1.29, 1.82) is 0 Å². The quantitative estimate of drug-likeness (QED) is 0.756. The second-order valence-electron chi connectivity index (χ2n) is 4.55. The Hall–Kier alpha value is -2.07. The van der Waals surface area contributed by atoms with Gasteiger partial charge in [0.15, 0.2) is 0 Å². The number of rotatable bonds is 3. The van der Waals surface area contributed by atoms with E-state index in [9.17, 15) is 0 Å². The predicted octanol–water partition coefficient (Wildman–Crippen LogP) is 4.69. The second kappa shape index (κ2) is 5.51. The largest absolute Gasteiger partial charge is 0.325 e. The third-order valence-electron chi connectivity index (χ3n) is 3.09. The van der Waals surface area contributed by atoms with Gasteiger partial charge in [-0.25, -0.2) is 4.98 Å². The first-order chi connectivity index (χ1) is 9.74. The van der Waals surface area contributed by atoms with Gasteiger partial charge in [-0.3, -0.25) is 4.57 Å². The van der Waals surface area contributed by atoms with E-state index in [2.05, 4.69) is 51.4 Å². The Kier molecular flexibility index (Phi) is 3.56. The monoisotopic (exact) mass is 327 g/mol. The third-order valence-corrected chi connectivity index (χ3v) is 3.98. The van der Waals surface area contributed by atoms with Gasteiger partial charge in [0.1, 0.15) is 0 Å². The Morgan fingerprint density at radius 1 is 1.10 bits per heavy atom. The fourth-order valence-corrected chi connectivity index (χ4v) is 2.29. The van der Waals surface area contributed by atoms with Crippen molar-refractivity contribution in [2.75, 3.05) is 5.32 Å². The number of hydrogen-bond donors (Lipinski definition) is 1. The average Bonchev–Trinajstić information content (AvgIpc) is 2.92. The SMILES string of the molecule is Cc1cc(Nc2nccn2-c2ccccc2)ccc1Br. The van der Waals surface area contributed by atoms with E-state index in [1.165, 1.54) is 5.56 Å². The highest BCUT2D eigenvalue weighted by Crippen LogP contribution is 2.23. The van der Waals surface area contributed by atoms with Gasteiger partial charge in [0.25, 0.3) is 0 Å². The fourth-order valence-electron chi connectivity index (χ4n) is 2.04. The third kappa shape index (κ3) is 2.60. The number of hydrogen-bond acceptors (Lipinski definition) is 2. The average molecular weight is 328 g/mol. The van der Waals surface area contributed by atoms with Crippen LogP contribution in [0, 0.1) is 6.92 Å². The smallest absolute Gasteiger partial charge is 0.212 e. The predicted molar refractivity (Wildman–Crippen MR) is 85.7 cm³/mol. The molecule has 3 aromatic rings. The number of para-hydroxylation sites is 1. The molecular weight excluding hydrogens is 314 g/mol. The van der Waals surface area contributed by atoms with Crippen molar-refractivity contribution in [3.8, 4) is 5.69 Å². The van der Waals surface area contributed by atoms with Gasteiger partial charge in [-0.1, -0.05) is 34.1 Å². The molecule has 4 heteroatoms. The zero-order valence-corrected chi connectivity index (χ0v) is 12.6. The molecule has 0 atom stereocenters. The van der Waals surface area contributed by atoms with E-state index >= 15 is 0 Å². The lowest BCUT2D eigenvalue weighted by atomic mass is 10.2. The molecule has 0 fully saturated rings. The summed E-state index contributed by atoms with van der Waals surface area (Å²) in [6.45, 7) is 2.07. The first kappa shape index (κ1) is 12.9. The standard InChI is InChI=1S/C16H14BrN3/c1-12-11-13(7-8-15(12)17)19-16-18-9-10-20(16)14-5-3-2-4-6-14/h2-11H,1H3,(H,18,19). The first-order valence-electron chi connectivity index (χ1n) is 6.36. The number of nitrogens with zero attached hydrogens (tertiary/aromatic N) is 2. The molecule has 1 aromatic heterocycles. The highest BCUT2D eigenvalue weighted by atomic mass is 79.9. The van der Waals surface area contributed by atoms with Gasteiger partial charge in [-0.05, 0) is 42.8 Å². The molecule has 0 aliphatic rings. The number of aryl methyl sites for hydroxylation is 1. The normalized spacial score (nSPS) is 10.5. The number of benzene rings is 2. The van der Waals surface area contributed by atoms with Crippen molar-refractivity contribution in [2.24, 2.45) is 0 Å². The summed E-state index contributed by atoms with van der Waals surface area (Å²) in [5.41, 5.74) is 3.29. The molecule has 0 radical (unpaired) electrons. The summed E-state index contributed by atoms with van der Waals surface area (Å²) in [7, 11) is 0. The molecule has 1 heterocycles. The Labute approximate surface area is 126 Å². The van der Waals surface area contributed by atoms with E-state index < -0.39 is 0 Å². The van der Waals surface area contributed by atoms with E-state index in [0.717, 1.165) is 21.8 Å². The van der Waals surface area contributed by atoms with Crippen LogP contribution in [0.1, 0.15) is 5.56 Å². The van der Waals surface area contributed by atoms with Gasteiger partial charge in [-0.15, -0.1) is 0 Å². The molecule has 0 saturated carbocycles. The number of anilines is 2. The molecule has 0 spiro atoms. The Balaban J connectivity index is 1.92. The summed E-state index contributed by atoms with van der Waals surface area (Å²) in [6, 6.07) is 16.3. The summed E-state index contributed by atoms with van der Waals surface area (Å²) >= 11 is 3.51. The summed E-state index contributed by atoms with van der Waals surface area (Å²) in [5.74, 6) is 0.804. The van der Waals surface area contributed by atoms with E-state index in [0.29, 0.717) is 0 Å². The van der Waals surface area contributed by atoms with Crippen LogP contribution in [0.4, 0.5) is 11.6 Å². The minimum absolute atomic E-state index is 0.804. The molecule has 20 heavy (non-hydrogen) atoms. The number of halogens is 1.